The molecule has 0 amide bonds. The molecule has 140 valence electrons. The number of ether oxygens (including phenoxy) is 2. The van der Waals surface area contributed by atoms with Gasteiger partial charge in [0.2, 0.25) is 0 Å². The zero-order valence-electron chi connectivity index (χ0n) is 14.5. The lowest BCUT2D eigenvalue weighted by Crippen LogP contribution is -2.49. The van der Waals surface area contributed by atoms with Crippen molar-refractivity contribution in [2.75, 3.05) is 24.7 Å². The Morgan fingerprint density at radius 3 is 2.81 bits per heavy atom. The molecule has 1 aliphatic rings. The molecule has 1 aliphatic heterocycles. The third kappa shape index (κ3) is 3.20. The molecule has 2 aromatic rings. The molecule has 2 unspecified atom stereocenters. The molecule has 3 rings (SSSR count). The average molecular weight is 443 g/mol. The van der Waals surface area contributed by atoms with Crippen LogP contribution < -0.4 is 0 Å². The maximum Gasteiger partial charge on any atom is 0.333 e. The molecule has 0 radical (unpaired) electrons. The van der Waals surface area contributed by atoms with Crippen molar-refractivity contribution < 1.29 is 19.1 Å². The zero-order valence-corrected chi connectivity index (χ0v) is 16.9. The molecular weight excluding hydrogens is 424 g/mol. The second kappa shape index (κ2) is 7.91. The highest BCUT2D eigenvalue weighted by Gasteiger charge is 2.54. The van der Waals surface area contributed by atoms with Crippen LogP contribution in [-0.4, -0.2) is 56.2 Å². The molecule has 0 spiro atoms. The Balaban J connectivity index is 2.10. The lowest BCUT2D eigenvalue weighted by molar-refractivity contribution is -0.156. The van der Waals surface area contributed by atoms with Crippen LogP contribution in [0.4, 0.5) is 0 Å². The van der Waals surface area contributed by atoms with Gasteiger partial charge in [0.1, 0.15) is 16.4 Å². The van der Waals surface area contributed by atoms with Crippen LogP contribution in [0.1, 0.15) is 20.3 Å². The first-order chi connectivity index (χ1) is 12.5. The quantitative estimate of drug-likeness (QED) is 0.495. The van der Waals surface area contributed by atoms with Gasteiger partial charge >= 0.3 is 11.9 Å². The van der Waals surface area contributed by atoms with Gasteiger partial charge in [-0.1, -0.05) is 0 Å². The molecule has 8 nitrogen and oxygen atoms in total. The highest BCUT2D eigenvalue weighted by molar-refractivity contribution is 9.10. The van der Waals surface area contributed by atoms with Gasteiger partial charge in [0.25, 0.3) is 0 Å². The highest BCUT2D eigenvalue weighted by atomic mass is 79.9. The minimum absolute atomic E-state index is 0.131. The van der Waals surface area contributed by atoms with Crippen molar-refractivity contribution in [3.05, 3.63) is 17.3 Å². The Labute approximate surface area is 163 Å². The van der Waals surface area contributed by atoms with Crippen LogP contribution in [0.2, 0.25) is 0 Å². The second-order valence-electron chi connectivity index (χ2n) is 5.82. The normalized spacial score (nSPS) is 22.5. The number of hydrogen-bond acceptors (Lipinski definition) is 8. The van der Waals surface area contributed by atoms with Crippen molar-refractivity contribution in [2.24, 2.45) is 5.92 Å². The Hall–Kier alpha value is -1.68. The average Bonchev–Trinajstić information content (AvgIpc) is 3.21. The van der Waals surface area contributed by atoms with E-state index in [9.17, 15) is 9.59 Å². The Bertz CT molecular complexity index is 830. The smallest absolute Gasteiger partial charge is 0.333 e. The van der Waals surface area contributed by atoms with E-state index in [2.05, 4.69) is 30.9 Å². The number of halogens is 1. The molecule has 0 aliphatic carbocycles. The Kier molecular flexibility index (Phi) is 5.81. The van der Waals surface area contributed by atoms with Crippen LogP contribution in [0, 0.1) is 5.92 Å². The maximum absolute atomic E-state index is 13.1. The van der Waals surface area contributed by atoms with Crippen molar-refractivity contribution >= 4 is 50.8 Å². The number of aromatic nitrogens is 4. The number of thioether (sulfide) groups is 1. The zero-order chi connectivity index (χ0) is 18.7. The third-order valence-electron chi connectivity index (χ3n) is 4.38. The summed E-state index contributed by atoms with van der Waals surface area (Å²) in [4.78, 5) is 37.9. The number of esters is 2. The van der Waals surface area contributed by atoms with E-state index in [4.69, 9.17) is 9.47 Å². The van der Waals surface area contributed by atoms with E-state index in [1.807, 2.05) is 0 Å². The molecule has 26 heavy (non-hydrogen) atoms. The predicted octanol–water partition coefficient (Wildman–Crippen LogP) is 2.16. The van der Waals surface area contributed by atoms with Crippen LogP contribution >= 0.6 is 27.7 Å². The molecule has 2 atom stereocenters. The van der Waals surface area contributed by atoms with Crippen LogP contribution in [0.15, 0.2) is 17.3 Å². The van der Waals surface area contributed by atoms with E-state index in [1.165, 1.54) is 6.33 Å². The standard InChI is InChI=1S/C16H19BrN4O4S/c1-3-24-11(22)5-10-6-26-7-16(10,15(23)25-4-2)21-9-20-12-13(17)18-8-19-14(12)21/h8-10H,3-7H2,1-2H3. The monoisotopic (exact) mass is 442 g/mol. The van der Waals surface area contributed by atoms with E-state index in [0.717, 1.165) is 0 Å². The molecule has 1 fully saturated rings. The molecular formula is C16H19BrN4O4S. The highest BCUT2D eigenvalue weighted by Crippen LogP contribution is 2.44. The van der Waals surface area contributed by atoms with E-state index in [-0.39, 0.29) is 30.9 Å². The van der Waals surface area contributed by atoms with Gasteiger partial charge in [0, 0.05) is 11.7 Å². The minimum atomic E-state index is -1.06. The van der Waals surface area contributed by atoms with Crippen LogP contribution in [0.3, 0.4) is 0 Å². The van der Waals surface area contributed by atoms with Gasteiger partial charge in [-0.15, -0.1) is 0 Å². The molecule has 0 saturated carbocycles. The van der Waals surface area contributed by atoms with E-state index in [1.54, 1.807) is 36.5 Å². The van der Waals surface area contributed by atoms with Gasteiger partial charge in [0.05, 0.1) is 26.0 Å². The lowest BCUT2D eigenvalue weighted by atomic mass is 9.84. The molecule has 0 N–H and O–H groups in total. The first-order valence-electron chi connectivity index (χ1n) is 8.29. The fourth-order valence-corrected chi connectivity index (χ4v) is 5.18. The second-order valence-corrected chi connectivity index (χ2v) is 7.60. The number of fused-ring (bicyclic) bond motifs is 1. The summed E-state index contributed by atoms with van der Waals surface area (Å²) in [6, 6.07) is 0. The first-order valence-corrected chi connectivity index (χ1v) is 10.2. The van der Waals surface area contributed by atoms with Crippen molar-refractivity contribution in [2.45, 2.75) is 25.8 Å². The van der Waals surface area contributed by atoms with Crippen molar-refractivity contribution in [1.82, 2.24) is 19.5 Å². The van der Waals surface area contributed by atoms with Gasteiger partial charge in [-0.05, 0) is 35.5 Å². The number of carbonyl (C=O) groups is 2. The Morgan fingerprint density at radius 1 is 1.31 bits per heavy atom. The largest absolute Gasteiger partial charge is 0.466 e. The lowest BCUT2D eigenvalue weighted by Gasteiger charge is -2.33. The number of rotatable bonds is 6. The van der Waals surface area contributed by atoms with Gasteiger partial charge in [0.15, 0.2) is 11.2 Å². The number of imidazole rings is 1. The summed E-state index contributed by atoms with van der Waals surface area (Å²) in [5.41, 5.74) is 0.0231. The summed E-state index contributed by atoms with van der Waals surface area (Å²) >= 11 is 4.96. The third-order valence-corrected chi connectivity index (χ3v) is 6.25. The molecule has 0 aromatic carbocycles. The maximum atomic E-state index is 13.1. The summed E-state index contributed by atoms with van der Waals surface area (Å²) < 4.78 is 12.8. The van der Waals surface area contributed by atoms with E-state index in [0.29, 0.717) is 33.9 Å². The summed E-state index contributed by atoms with van der Waals surface area (Å²) in [5, 5.41) is 0. The number of nitrogens with zero attached hydrogens (tertiary/aromatic N) is 4. The van der Waals surface area contributed by atoms with E-state index < -0.39 is 5.54 Å². The molecule has 1 saturated heterocycles. The minimum Gasteiger partial charge on any atom is -0.466 e. The molecule has 3 heterocycles. The van der Waals surface area contributed by atoms with E-state index >= 15 is 0 Å². The fourth-order valence-electron chi connectivity index (χ4n) is 3.21. The fraction of sp³-hybridized carbons (Fsp3) is 0.562. The topological polar surface area (TPSA) is 96.2 Å². The van der Waals surface area contributed by atoms with Gasteiger partial charge in [-0.25, -0.2) is 19.7 Å². The van der Waals surface area contributed by atoms with Crippen molar-refractivity contribution in [1.29, 1.82) is 0 Å². The van der Waals surface area contributed by atoms with Crippen LogP contribution in [0.25, 0.3) is 11.2 Å². The molecule has 10 heteroatoms. The predicted molar refractivity (Wildman–Crippen MR) is 99.7 cm³/mol. The van der Waals surface area contributed by atoms with Crippen molar-refractivity contribution in [3.8, 4) is 0 Å². The summed E-state index contributed by atoms with van der Waals surface area (Å²) in [5.74, 6) is 0.131. The molecule has 2 aromatic heterocycles. The summed E-state index contributed by atoms with van der Waals surface area (Å²) in [7, 11) is 0. The van der Waals surface area contributed by atoms with Gasteiger partial charge in [-0.3, -0.25) is 9.36 Å². The van der Waals surface area contributed by atoms with Gasteiger partial charge in [-0.2, -0.15) is 11.8 Å². The van der Waals surface area contributed by atoms with Crippen LogP contribution in [-0.2, 0) is 24.6 Å². The van der Waals surface area contributed by atoms with Crippen LogP contribution in [0.5, 0.6) is 0 Å². The summed E-state index contributed by atoms with van der Waals surface area (Å²) in [6.45, 7) is 4.08. The van der Waals surface area contributed by atoms with Gasteiger partial charge < -0.3 is 9.47 Å². The SMILES string of the molecule is CCOC(=O)CC1CSCC1(C(=O)OCC)n1cnc2c(Br)ncnc21. The molecule has 0 bridgehead atoms. The number of hydrogen-bond donors (Lipinski definition) is 0. The van der Waals surface area contributed by atoms with Crippen molar-refractivity contribution in [3.63, 3.8) is 0 Å². The Morgan fingerprint density at radius 2 is 2.08 bits per heavy atom. The number of carbonyl (C=O) groups excluding carboxylic acids is 2. The first kappa shape index (κ1) is 19.1. The summed E-state index contributed by atoms with van der Waals surface area (Å²) in [6.07, 6.45) is 3.11.